The second-order valence-corrected chi connectivity index (χ2v) is 12.7. The van der Waals surface area contributed by atoms with Gasteiger partial charge in [-0.05, 0) is 76.1 Å². The highest BCUT2D eigenvalue weighted by molar-refractivity contribution is 7.92. The van der Waals surface area contributed by atoms with Crippen LogP contribution in [0.15, 0.2) is 77.7 Å². The maximum Gasteiger partial charge on any atom is 0.264 e. The van der Waals surface area contributed by atoms with Gasteiger partial charge in [-0.3, -0.25) is 13.9 Å². The number of hydrogen-bond acceptors (Lipinski definition) is 5. The van der Waals surface area contributed by atoms with Crippen LogP contribution in [0.25, 0.3) is 0 Å². The Morgan fingerprint density at radius 2 is 1.63 bits per heavy atom. The van der Waals surface area contributed by atoms with E-state index in [1.165, 1.54) is 23.1 Å². The van der Waals surface area contributed by atoms with E-state index in [0.29, 0.717) is 12.4 Å². The Balaban J connectivity index is 1.68. The second-order valence-electron chi connectivity index (χ2n) is 10.9. The van der Waals surface area contributed by atoms with Gasteiger partial charge in [0.1, 0.15) is 24.2 Å². The van der Waals surface area contributed by atoms with Gasteiger partial charge in [-0.2, -0.15) is 0 Å². The molecule has 8 nitrogen and oxygen atoms in total. The predicted octanol–water partition coefficient (Wildman–Crippen LogP) is 5.59. The monoisotopic (exact) mass is 609 g/mol. The molecule has 1 saturated carbocycles. The van der Waals surface area contributed by atoms with Crippen LogP contribution in [0.5, 0.6) is 5.75 Å². The molecule has 3 aromatic rings. The Bertz CT molecular complexity index is 1490. The first kappa shape index (κ1) is 32.0. The van der Waals surface area contributed by atoms with Crippen molar-refractivity contribution in [3.8, 4) is 5.75 Å². The summed E-state index contributed by atoms with van der Waals surface area (Å²) in [5.74, 6) is -0.958. The molecule has 43 heavy (non-hydrogen) atoms. The minimum atomic E-state index is -4.20. The fourth-order valence-electron chi connectivity index (χ4n) is 5.20. The van der Waals surface area contributed by atoms with Gasteiger partial charge in [-0.25, -0.2) is 12.8 Å². The minimum Gasteiger partial charge on any atom is -0.494 e. The van der Waals surface area contributed by atoms with Crippen LogP contribution in [0.1, 0.15) is 57.1 Å². The molecule has 3 aromatic carbocycles. The number of halogens is 1. The lowest BCUT2D eigenvalue weighted by Gasteiger charge is -2.33. The molecule has 0 spiro atoms. The SMILES string of the molecule is CCOc1ccc(N(CC(=O)N(Cc2ccccc2F)[C@@H](C)C(=O)NC2CCCCC2)S(=O)(=O)c2ccc(C)cc2)cc1. The largest absolute Gasteiger partial charge is 0.494 e. The van der Waals surface area contributed by atoms with Crippen molar-refractivity contribution in [1.29, 1.82) is 0 Å². The van der Waals surface area contributed by atoms with E-state index in [2.05, 4.69) is 5.32 Å². The Morgan fingerprint density at radius 3 is 2.26 bits per heavy atom. The summed E-state index contributed by atoms with van der Waals surface area (Å²) in [6.45, 7) is 4.93. The van der Waals surface area contributed by atoms with E-state index in [1.807, 2.05) is 13.8 Å². The van der Waals surface area contributed by atoms with Crippen LogP contribution in [0.2, 0.25) is 0 Å². The lowest BCUT2D eigenvalue weighted by Crippen LogP contribution is -2.53. The predicted molar refractivity (Wildman–Crippen MR) is 165 cm³/mol. The van der Waals surface area contributed by atoms with E-state index >= 15 is 0 Å². The first-order valence-corrected chi connectivity index (χ1v) is 16.2. The third-order valence-electron chi connectivity index (χ3n) is 7.74. The molecule has 1 N–H and O–H groups in total. The maximum atomic E-state index is 14.8. The topological polar surface area (TPSA) is 96.0 Å². The number of benzene rings is 3. The molecular formula is C33H40FN3O5S. The normalized spacial score (nSPS) is 14.5. The van der Waals surface area contributed by atoms with E-state index in [0.717, 1.165) is 42.0 Å². The number of nitrogens with zero attached hydrogens (tertiary/aromatic N) is 2. The Labute approximate surface area is 253 Å². The van der Waals surface area contributed by atoms with Crippen LogP contribution in [0.4, 0.5) is 10.1 Å². The van der Waals surface area contributed by atoms with Gasteiger partial charge in [-0.1, -0.05) is 55.2 Å². The summed E-state index contributed by atoms with van der Waals surface area (Å²) in [7, 11) is -4.20. The molecule has 0 bridgehead atoms. The number of sulfonamides is 1. The van der Waals surface area contributed by atoms with Crippen molar-refractivity contribution in [2.75, 3.05) is 17.5 Å². The molecule has 1 aliphatic rings. The molecule has 0 unspecified atom stereocenters. The summed E-state index contributed by atoms with van der Waals surface area (Å²) in [5, 5.41) is 3.05. The Morgan fingerprint density at radius 1 is 0.977 bits per heavy atom. The number of rotatable bonds is 12. The number of nitrogens with one attached hydrogen (secondary N) is 1. The van der Waals surface area contributed by atoms with Crippen LogP contribution in [-0.4, -0.2) is 50.4 Å². The van der Waals surface area contributed by atoms with E-state index in [1.54, 1.807) is 61.5 Å². The highest BCUT2D eigenvalue weighted by Crippen LogP contribution is 2.27. The number of carbonyl (C=O) groups excluding carboxylic acids is 2. The zero-order valence-electron chi connectivity index (χ0n) is 25.0. The van der Waals surface area contributed by atoms with Gasteiger partial charge in [0.05, 0.1) is 17.2 Å². The third-order valence-corrected chi connectivity index (χ3v) is 9.53. The smallest absolute Gasteiger partial charge is 0.264 e. The summed E-state index contributed by atoms with van der Waals surface area (Å²) in [6.07, 6.45) is 4.88. The average Bonchev–Trinajstić information content (AvgIpc) is 3.00. The van der Waals surface area contributed by atoms with Crippen LogP contribution < -0.4 is 14.4 Å². The highest BCUT2D eigenvalue weighted by Gasteiger charge is 2.33. The van der Waals surface area contributed by atoms with Gasteiger partial charge in [0.15, 0.2) is 0 Å². The minimum absolute atomic E-state index is 0.0105. The van der Waals surface area contributed by atoms with E-state index in [-0.39, 0.29) is 34.6 Å². The summed E-state index contributed by atoms with van der Waals surface area (Å²) >= 11 is 0. The van der Waals surface area contributed by atoms with Crippen molar-refractivity contribution in [2.45, 2.75) is 76.4 Å². The van der Waals surface area contributed by atoms with E-state index in [9.17, 15) is 22.4 Å². The standard InChI is InChI=1S/C33H40FN3O5S/c1-4-42-29-18-16-28(17-19-29)37(43(40,41)30-20-14-24(2)15-21-30)23-32(38)36(22-26-10-8-9-13-31(26)34)25(3)33(39)35-27-11-6-5-7-12-27/h8-10,13-21,25,27H,4-7,11-12,22-23H2,1-3H3,(H,35,39)/t25-/m0/s1. The summed E-state index contributed by atoms with van der Waals surface area (Å²) in [4.78, 5) is 28.7. The summed E-state index contributed by atoms with van der Waals surface area (Å²) in [5.41, 5.74) is 1.36. The number of hydrogen-bond donors (Lipinski definition) is 1. The van der Waals surface area contributed by atoms with Crippen molar-refractivity contribution in [3.63, 3.8) is 0 Å². The Hall–Kier alpha value is -3.92. The number of carbonyl (C=O) groups is 2. The lowest BCUT2D eigenvalue weighted by molar-refractivity contribution is -0.139. The van der Waals surface area contributed by atoms with Crippen LogP contribution in [-0.2, 0) is 26.2 Å². The lowest BCUT2D eigenvalue weighted by atomic mass is 9.95. The molecule has 0 heterocycles. The van der Waals surface area contributed by atoms with Crippen molar-refractivity contribution < 1.29 is 27.1 Å². The van der Waals surface area contributed by atoms with Gasteiger partial charge in [0.25, 0.3) is 10.0 Å². The van der Waals surface area contributed by atoms with Gasteiger partial charge in [0, 0.05) is 18.2 Å². The van der Waals surface area contributed by atoms with Crippen LogP contribution in [0.3, 0.4) is 0 Å². The second kappa shape index (κ2) is 14.5. The van der Waals surface area contributed by atoms with Crippen LogP contribution >= 0.6 is 0 Å². The molecular weight excluding hydrogens is 569 g/mol. The molecule has 0 aromatic heterocycles. The molecule has 4 rings (SSSR count). The van der Waals surface area contributed by atoms with Crippen molar-refractivity contribution in [3.05, 3.63) is 89.7 Å². The molecule has 0 radical (unpaired) electrons. The molecule has 0 saturated heterocycles. The Kier molecular flexibility index (Phi) is 10.8. The van der Waals surface area contributed by atoms with Crippen molar-refractivity contribution in [2.24, 2.45) is 0 Å². The number of ether oxygens (including phenoxy) is 1. The number of aryl methyl sites for hydroxylation is 1. The average molecular weight is 610 g/mol. The van der Waals surface area contributed by atoms with Crippen molar-refractivity contribution >= 4 is 27.5 Å². The summed E-state index contributed by atoms with van der Waals surface area (Å²) in [6, 6.07) is 17.9. The van der Waals surface area contributed by atoms with Gasteiger partial charge in [-0.15, -0.1) is 0 Å². The van der Waals surface area contributed by atoms with Gasteiger partial charge in [0.2, 0.25) is 11.8 Å². The van der Waals surface area contributed by atoms with Crippen molar-refractivity contribution in [1.82, 2.24) is 10.2 Å². The van der Waals surface area contributed by atoms with Crippen LogP contribution in [0, 0.1) is 12.7 Å². The number of anilines is 1. The molecule has 10 heteroatoms. The quantitative estimate of drug-likeness (QED) is 0.289. The molecule has 2 amide bonds. The molecule has 1 fully saturated rings. The van der Waals surface area contributed by atoms with Gasteiger partial charge >= 0.3 is 0 Å². The zero-order chi connectivity index (χ0) is 31.0. The van der Waals surface area contributed by atoms with E-state index < -0.39 is 34.3 Å². The fraction of sp³-hybridized carbons (Fsp3) is 0.394. The molecule has 1 atom stereocenters. The van der Waals surface area contributed by atoms with E-state index in [4.69, 9.17) is 4.74 Å². The number of amides is 2. The maximum absolute atomic E-state index is 14.8. The zero-order valence-corrected chi connectivity index (χ0v) is 25.8. The van der Waals surface area contributed by atoms with Gasteiger partial charge < -0.3 is 15.0 Å². The summed E-state index contributed by atoms with van der Waals surface area (Å²) < 4.78 is 49.3. The first-order valence-electron chi connectivity index (χ1n) is 14.8. The third kappa shape index (κ3) is 8.13. The molecule has 1 aliphatic carbocycles. The molecule has 230 valence electrons. The fourth-order valence-corrected chi connectivity index (χ4v) is 6.62. The highest BCUT2D eigenvalue weighted by atomic mass is 32.2. The molecule has 0 aliphatic heterocycles. The first-order chi connectivity index (χ1) is 20.6.